The molecule has 0 bridgehead atoms. The third kappa shape index (κ3) is 3.20. The molecular formula is C21H16O5. The standard InChI is InChI=1S/C21H16O5/c22-19(23)17-13-7-8-14-18(17)26-20(24)21(25,15-9-3-1-4-10-15)16-11-5-2-6-12-16/h1-14,25H,(H,22,23). The van der Waals surface area contributed by atoms with E-state index in [4.69, 9.17) is 4.74 Å². The molecule has 3 aromatic rings. The number of aromatic carboxylic acids is 1. The highest BCUT2D eigenvalue weighted by molar-refractivity contribution is 5.93. The van der Waals surface area contributed by atoms with Crippen LogP contribution in [-0.4, -0.2) is 22.2 Å². The number of carbonyl (C=O) groups is 2. The van der Waals surface area contributed by atoms with Crippen LogP contribution in [0.3, 0.4) is 0 Å². The van der Waals surface area contributed by atoms with Crippen molar-refractivity contribution in [2.45, 2.75) is 5.60 Å². The summed E-state index contributed by atoms with van der Waals surface area (Å²) in [4.78, 5) is 24.3. The normalized spacial score (nSPS) is 11.0. The quantitative estimate of drug-likeness (QED) is 0.546. The van der Waals surface area contributed by atoms with Crippen LogP contribution in [0.2, 0.25) is 0 Å². The lowest BCUT2D eigenvalue weighted by atomic mass is 9.86. The van der Waals surface area contributed by atoms with Gasteiger partial charge in [0.05, 0.1) is 0 Å². The van der Waals surface area contributed by atoms with E-state index in [0.29, 0.717) is 11.1 Å². The predicted molar refractivity (Wildman–Crippen MR) is 94.9 cm³/mol. The van der Waals surface area contributed by atoms with E-state index < -0.39 is 17.5 Å². The minimum atomic E-state index is -2.08. The molecule has 0 spiro atoms. The van der Waals surface area contributed by atoms with Crippen molar-refractivity contribution < 1.29 is 24.5 Å². The molecule has 2 N–H and O–H groups in total. The maximum Gasteiger partial charge on any atom is 0.353 e. The SMILES string of the molecule is O=C(O)c1ccccc1OC(=O)C(O)(c1ccccc1)c1ccccc1. The summed E-state index contributed by atoms with van der Waals surface area (Å²) in [6.45, 7) is 0. The molecule has 5 heteroatoms. The van der Waals surface area contributed by atoms with Gasteiger partial charge in [0.1, 0.15) is 11.3 Å². The molecule has 0 saturated carbocycles. The fourth-order valence-electron chi connectivity index (χ4n) is 2.67. The highest BCUT2D eigenvalue weighted by Gasteiger charge is 2.42. The summed E-state index contributed by atoms with van der Waals surface area (Å²) in [5.74, 6) is -2.34. The molecule has 0 amide bonds. The minimum absolute atomic E-state index is 0.129. The summed E-state index contributed by atoms with van der Waals surface area (Å²) in [6.07, 6.45) is 0. The van der Waals surface area contributed by atoms with E-state index in [1.807, 2.05) is 0 Å². The van der Waals surface area contributed by atoms with E-state index in [2.05, 4.69) is 0 Å². The number of carboxylic acids is 1. The third-order valence-electron chi connectivity index (χ3n) is 4.00. The van der Waals surface area contributed by atoms with Gasteiger partial charge in [-0.05, 0) is 23.3 Å². The number of esters is 1. The van der Waals surface area contributed by atoms with Gasteiger partial charge in [-0.25, -0.2) is 9.59 Å². The van der Waals surface area contributed by atoms with Crippen molar-refractivity contribution in [3.05, 3.63) is 102 Å². The average molecular weight is 348 g/mol. The largest absolute Gasteiger partial charge is 0.478 e. The Balaban J connectivity index is 2.07. The van der Waals surface area contributed by atoms with Gasteiger partial charge in [-0.2, -0.15) is 0 Å². The minimum Gasteiger partial charge on any atom is -0.478 e. The Kier molecular flexibility index (Phi) is 4.82. The molecule has 0 heterocycles. The zero-order valence-corrected chi connectivity index (χ0v) is 13.7. The van der Waals surface area contributed by atoms with Gasteiger partial charge >= 0.3 is 11.9 Å². The first kappa shape index (κ1) is 17.4. The summed E-state index contributed by atoms with van der Waals surface area (Å²) in [5.41, 5.74) is -1.59. The second-order valence-corrected chi connectivity index (χ2v) is 5.63. The lowest BCUT2D eigenvalue weighted by molar-refractivity contribution is -0.152. The van der Waals surface area contributed by atoms with Crippen molar-refractivity contribution in [3.63, 3.8) is 0 Å². The first-order chi connectivity index (χ1) is 12.5. The van der Waals surface area contributed by atoms with Crippen molar-refractivity contribution in [3.8, 4) is 5.75 Å². The second kappa shape index (κ2) is 7.21. The molecule has 0 atom stereocenters. The Morgan fingerprint density at radius 2 is 1.19 bits per heavy atom. The van der Waals surface area contributed by atoms with Gasteiger partial charge < -0.3 is 14.9 Å². The molecule has 3 aromatic carbocycles. The lowest BCUT2D eigenvalue weighted by Gasteiger charge is -2.27. The van der Waals surface area contributed by atoms with Crippen LogP contribution in [0.5, 0.6) is 5.75 Å². The first-order valence-electron chi connectivity index (χ1n) is 7.91. The Hall–Kier alpha value is -3.44. The van der Waals surface area contributed by atoms with Crippen molar-refractivity contribution in [1.29, 1.82) is 0 Å². The Labute approximate surface area is 150 Å². The Morgan fingerprint density at radius 3 is 1.69 bits per heavy atom. The zero-order chi connectivity index (χ0) is 18.6. The number of hydrogen-bond acceptors (Lipinski definition) is 4. The Morgan fingerprint density at radius 1 is 0.731 bits per heavy atom. The smallest absolute Gasteiger partial charge is 0.353 e. The molecule has 0 aromatic heterocycles. The zero-order valence-electron chi connectivity index (χ0n) is 13.7. The van der Waals surface area contributed by atoms with Crippen LogP contribution in [0.1, 0.15) is 21.5 Å². The lowest BCUT2D eigenvalue weighted by Crippen LogP contribution is -2.40. The van der Waals surface area contributed by atoms with Crippen molar-refractivity contribution >= 4 is 11.9 Å². The number of rotatable bonds is 5. The maximum atomic E-state index is 12.9. The van der Waals surface area contributed by atoms with Crippen molar-refractivity contribution in [1.82, 2.24) is 0 Å². The van der Waals surface area contributed by atoms with Gasteiger partial charge in [0.25, 0.3) is 0 Å². The van der Waals surface area contributed by atoms with Crippen LogP contribution in [-0.2, 0) is 10.4 Å². The average Bonchev–Trinajstić information content (AvgIpc) is 2.69. The highest BCUT2D eigenvalue weighted by atomic mass is 16.6. The molecule has 0 unspecified atom stereocenters. The second-order valence-electron chi connectivity index (χ2n) is 5.63. The van der Waals surface area contributed by atoms with E-state index in [1.54, 1.807) is 66.7 Å². The molecule has 26 heavy (non-hydrogen) atoms. The summed E-state index contributed by atoms with van der Waals surface area (Å²) < 4.78 is 5.31. The summed E-state index contributed by atoms with van der Waals surface area (Å²) in [7, 11) is 0. The third-order valence-corrected chi connectivity index (χ3v) is 4.00. The number of para-hydroxylation sites is 1. The van der Waals surface area contributed by atoms with Gasteiger partial charge in [-0.3, -0.25) is 0 Å². The van der Waals surface area contributed by atoms with Crippen molar-refractivity contribution in [2.75, 3.05) is 0 Å². The van der Waals surface area contributed by atoms with Crippen LogP contribution in [0.4, 0.5) is 0 Å². The predicted octanol–water partition coefficient (Wildman–Crippen LogP) is 3.23. The van der Waals surface area contributed by atoms with Crippen LogP contribution >= 0.6 is 0 Å². The van der Waals surface area contributed by atoms with Gasteiger partial charge in [0.2, 0.25) is 5.60 Å². The van der Waals surface area contributed by atoms with Crippen LogP contribution < -0.4 is 4.74 Å². The first-order valence-corrected chi connectivity index (χ1v) is 7.91. The Bertz CT molecular complexity index is 880. The molecule has 0 fully saturated rings. The van der Waals surface area contributed by atoms with Gasteiger partial charge in [0, 0.05) is 0 Å². The maximum absolute atomic E-state index is 12.9. The van der Waals surface area contributed by atoms with Crippen LogP contribution in [0.15, 0.2) is 84.9 Å². The fraction of sp³-hybridized carbons (Fsp3) is 0.0476. The monoisotopic (exact) mass is 348 g/mol. The summed E-state index contributed by atoms with van der Waals surface area (Å²) in [6, 6.07) is 22.5. The van der Waals surface area contributed by atoms with Crippen LogP contribution in [0.25, 0.3) is 0 Å². The van der Waals surface area contributed by atoms with Crippen molar-refractivity contribution in [2.24, 2.45) is 0 Å². The molecule has 0 aliphatic heterocycles. The summed E-state index contributed by atoms with van der Waals surface area (Å²) >= 11 is 0. The number of benzene rings is 3. The van der Waals surface area contributed by atoms with Crippen LogP contribution in [0, 0.1) is 0 Å². The fourth-order valence-corrected chi connectivity index (χ4v) is 2.67. The number of aliphatic hydroxyl groups is 1. The van der Waals surface area contributed by atoms with E-state index in [9.17, 15) is 19.8 Å². The van der Waals surface area contributed by atoms with E-state index in [-0.39, 0.29) is 11.3 Å². The molecule has 0 aliphatic carbocycles. The van der Waals surface area contributed by atoms with Gasteiger partial charge in [-0.1, -0.05) is 72.8 Å². The molecule has 0 radical (unpaired) electrons. The van der Waals surface area contributed by atoms with Gasteiger partial charge in [0.15, 0.2) is 0 Å². The van der Waals surface area contributed by atoms with E-state index in [0.717, 1.165) is 0 Å². The topological polar surface area (TPSA) is 83.8 Å². The number of ether oxygens (including phenoxy) is 1. The molecule has 0 aliphatic rings. The van der Waals surface area contributed by atoms with Gasteiger partial charge in [-0.15, -0.1) is 0 Å². The summed E-state index contributed by atoms with van der Waals surface area (Å²) in [5, 5.41) is 20.6. The molecular weight excluding hydrogens is 332 g/mol. The molecule has 3 rings (SSSR count). The molecule has 0 saturated heterocycles. The number of carboxylic acid groups (broad SMARTS) is 1. The van der Waals surface area contributed by atoms with E-state index >= 15 is 0 Å². The van der Waals surface area contributed by atoms with E-state index in [1.165, 1.54) is 18.2 Å². The highest BCUT2D eigenvalue weighted by Crippen LogP contribution is 2.32. The number of carbonyl (C=O) groups excluding carboxylic acids is 1. The molecule has 5 nitrogen and oxygen atoms in total. The molecule has 130 valence electrons. The number of hydrogen-bond donors (Lipinski definition) is 2.